The third-order valence-corrected chi connectivity index (χ3v) is 4.84. The van der Waals surface area contributed by atoms with Crippen molar-refractivity contribution in [1.29, 1.82) is 0 Å². The van der Waals surface area contributed by atoms with Crippen molar-refractivity contribution >= 4 is 34.2 Å². The summed E-state index contributed by atoms with van der Waals surface area (Å²) in [5, 5.41) is 3.80. The topological polar surface area (TPSA) is 59.1 Å². The first-order valence-corrected chi connectivity index (χ1v) is 10.2. The van der Waals surface area contributed by atoms with Crippen LogP contribution in [0.3, 0.4) is 0 Å². The zero-order chi connectivity index (χ0) is 21.5. The zero-order valence-corrected chi connectivity index (χ0v) is 19.2. The van der Waals surface area contributed by atoms with Crippen LogP contribution in [0.15, 0.2) is 47.3 Å². The van der Waals surface area contributed by atoms with Gasteiger partial charge in [-0.25, -0.2) is 0 Å². The Morgan fingerprint density at radius 1 is 0.964 bits per heavy atom. The molecule has 156 valence electrons. The number of thiophene rings is 2. The molecule has 0 radical (unpaired) electrons. The molecule has 2 heterocycles. The van der Waals surface area contributed by atoms with E-state index in [0.29, 0.717) is 0 Å². The number of nitrogens with zero attached hydrogens (tertiary/aromatic N) is 2. The van der Waals surface area contributed by atoms with Gasteiger partial charge in [-0.2, -0.15) is 0 Å². The molecule has 0 spiro atoms. The van der Waals surface area contributed by atoms with Crippen LogP contribution in [0, 0.1) is 0 Å². The highest BCUT2D eigenvalue weighted by Gasteiger charge is 2.04. The minimum atomic E-state index is -0.213. The van der Waals surface area contributed by atoms with E-state index in [0.717, 1.165) is 9.75 Å². The second-order valence-electron chi connectivity index (χ2n) is 5.90. The molecule has 0 aliphatic carbocycles. The van der Waals surface area contributed by atoms with Gasteiger partial charge in [-0.1, -0.05) is 12.1 Å². The molecule has 0 saturated carbocycles. The fraction of sp³-hybridized carbons (Fsp3) is 0.400. The van der Waals surface area contributed by atoms with E-state index < -0.39 is 0 Å². The molecule has 2 aromatic rings. The Morgan fingerprint density at radius 3 is 1.71 bits per heavy atom. The molecule has 8 heteroatoms. The van der Waals surface area contributed by atoms with Gasteiger partial charge < -0.3 is 14.4 Å². The van der Waals surface area contributed by atoms with Crippen LogP contribution < -0.4 is 0 Å². The monoisotopic (exact) mass is 426 g/mol. The summed E-state index contributed by atoms with van der Waals surface area (Å²) in [6, 6.07) is 7.41. The van der Waals surface area contributed by atoms with Crippen molar-refractivity contribution in [3.63, 3.8) is 0 Å². The molecule has 0 saturated heterocycles. The van der Waals surface area contributed by atoms with E-state index in [2.05, 4.69) is 0 Å². The molecule has 0 fully saturated rings. The Bertz CT molecular complexity index is 677. The van der Waals surface area contributed by atoms with E-state index in [9.17, 15) is 9.59 Å². The molecule has 0 amide bonds. The third-order valence-electron chi connectivity index (χ3n) is 2.98. The standard InChI is InChI=1S/C9H11NOS.C6H6OS.C5H13NO2/c1-10(2)6-5-8(11)9-4-3-7-12-9;1-5(7)6-3-2-4-8-6;1-6(2)5(7-3)8-4/h3-7H,1-2H3;2-4H,1H3;5H,1-4H3/b6-5+;;. The third kappa shape index (κ3) is 11.8. The van der Waals surface area contributed by atoms with Crippen molar-refractivity contribution in [2.45, 2.75) is 13.3 Å². The molecule has 0 aliphatic rings. The maximum Gasteiger partial charge on any atom is 0.217 e. The lowest BCUT2D eigenvalue weighted by atomic mass is 10.3. The van der Waals surface area contributed by atoms with Crippen molar-refractivity contribution in [3.05, 3.63) is 57.1 Å². The quantitative estimate of drug-likeness (QED) is 0.378. The van der Waals surface area contributed by atoms with Gasteiger partial charge in [0.05, 0.1) is 9.75 Å². The molecular weight excluding hydrogens is 396 g/mol. The molecule has 2 aromatic heterocycles. The van der Waals surface area contributed by atoms with Gasteiger partial charge >= 0.3 is 0 Å². The van der Waals surface area contributed by atoms with Gasteiger partial charge in [0.25, 0.3) is 0 Å². The SMILES string of the molecule is CC(=O)c1cccs1.CN(C)/C=C/C(=O)c1cccs1.COC(OC)N(C)C. The Kier molecular flexibility index (Phi) is 14.1. The maximum absolute atomic E-state index is 11.3. The fourth-order valence-corrected chi connectivity index (χ4v) is 2.99. The van der Waals surface area contributed by atoms with Gasteiger partial charge in [-0.05, 0) is 43.9 Å². The normalized spacial score (nSPS) is 10.3. The first kappa shape index (κ1) is 26.2. The summed E-state index contributed by atoms with van der Waals surface area (Å²) in [5.74, 6) is 0.221. The minimum Gasteiger partial charge on any atom is -0.383 e. The van der Waals surface area contributed by atoms with Crippen LogP contribution >= 0.6 is 22.7 Å². The average Bonchev–Trinajstić information content (AvgIpc) is 3.35. The highest BCUT2D eigenvalue weighted by molar-refractivity contribution is 7.12. The van der Waals surface area contributed by atoms with Gasteiger partial charge in [0, 0.05) is 40.6 Å². The second-order valence-corrected chi connectivity index (χ2v) is 7.79. The van der Waals surface area contributed by atoms with Crippen LogP contribution in [-0.2, 0) is 9.47 Å². The van der Waals surface area contributed by atoms with Gasteiger partial charge in [0.1, 0.15) is 0 Å². The van der Waals surface area contributed by atoms with Gasteiger partial charge in [0.15, 0.2) is 11.6 Å². The van der Waals surface area contributed by atoms with Crippen LogP contribution in [-0.4, -0.2) is 70.2 Å². The summed E-state index contributed by atoms with van der Waals surface area (Å²) < 4.78 is 9.73. The average molecular weight is 427 g/mol. The minimum absolute atomic E-state index is 0.0682. The van der Waals surface area contributed by atoms with Crippen LogP contribution in [0.1, 0.15) is 26.3 Å². The van der Waals surface area contributed by atoms with E-state index in [4.69, 9.17) is 9.47 Å². The molecule has 0 bridgehead atoms. The summed E-state index contributed by atoms with van der Waals surface area (Å²) >= 11 is 2.94. The number of ketones is 2. The van der Waals surface area contributed by atoms with Crippen molar-refractivity contribution in [2.24, 2.45) is 0 Å². The summed E-state index contributed by atoms with van der Waals surface area (Å²) in [6.07, 6.45) is 3.11. The highest BCUT2D eigenvalue weighted by atomic mass is 32.1. The number of allylic oxidation sites excluding steroid dienone is 1. The van der Waals surface area contributed by atoms with Crippen molar-refractivity contribution in [3.8, 4) is 0 Å². The molecule has 2 rings (SSSR count). The lowest BCUT2D eigenvalue weighted by molar-refractivity contribution is -0.179. The molecule has 6 nitrogen and oxygen atoms in total. The number of Topliss-reactive ketones (excluding diaryl/α,β-unsaturated/α-hetero) is 1. The summed E-state index contributed by atoms with van der Waals surface area (Å²) in [6.45, 7) is 1.58. The number of hydrogen-bond donors (Lipinski definition) is 0. The molecule has 0 aliphatic heterocycles. The van der Waals surface area contributed by atoms with Gasteiger partial charge in [-0.3, -0.25) is 14.5 Å². The summed E-state index contributed by atoms with van der Waals surface area (Å²) in [5.41, 5.74) is 0. The number of carbonyl (C=O) groups is 2. The lowest BCUT2D eigenvalue weighted by Crippen LogP contribution is -2.30. The molecule has 28 heavy (non-hydrogen) atoms. The van der Waals surface area contributed by atoms with Crippen molar-refractivity contribution < 1.29 is 19.1 Å². The number of rotatable bonds is 7. The number of carbonyl (C=O) groups excluding carboxylic acids is 2. The molecular formula is C20H30N2O4S2. The lowest BCUT2D eigenvalue weighted by Gasteiger charge is -2.19. The van der Waals surface area contributed by atoms with Crippen molar-refractivity contribution in [2.75, 3.05) is 42.4 Å². The summed E-state index contributed by atoms with van der Waals surface area (Å²) in [4.78, 5) is 27.1. The first-order chi connectivity index (χ1) is 13.2. The van der Waals surface area contributed by atoms with E-state index in [-0.39, 0.29) is 18.0 Å². The van der Waals surface area contributed by atoms with Crippen LogP contribution in [0.5, 0.6) is 0 Å². The number of methoxy groups -OCH3 is 2. The first-order valence-electron chi connectivity index (χ1n) is 8.41. The number of hydrogen-bond acceptors (Lipinski definition) is 8. The largest absolute Gasteiger partial charge is 0.383 e. The Morgan fingerprint density at radius 2 is 1.46 bits per heavy atom. The maximum atomic E-state index is 11.3. The Labute approximate surface area is 176 Å². The van der Waals surface area contributed by atoms with Crippen LogP contribution in [0.2, 0.25) is 0 Å². The predicted molar refractivity (Wildman–Crippen MR) is 117 cm³/mol. The molecule has 0 aromatic carbocycles. The second kappa shape index (κ2) is 15.1. The molecule has 0 unspecified atom stereocenters. The van der Waals surface area contributed by atoms with E-state index in [1.54, 1.807) is 33.4 Å². The number of ether oxygens (including phenoxy) is 2. The smallest absolute Gasteiger partial charge is 0.217 e. The Balaban J connectivity index is 0.000000405. The molecule has 0 atom stereocenters. The van der Waals surface area contributed by atoms with Gasteiger partial charge in [0.2, 0.25) is 6.41 Å². The van der Waals surface area contributed by atoms with Gasteiger partial charge in [-0.15, -0.1) is 22.7 Å². The zero-order valence-electron chi connectivity index (χ0n) is 17.5. The summed E-state index contributed by atoms with van der Waals surface area (Å²) in [7, 11) is 10.8. The van der Waals surface area contributed by atoms with E-state index in [1.807, 2.05) is 73.0 Å². The predicted octanol–water partition coefficient (Wildman–Crippen LogP) is 4.08. The van der Waals surface area contributed by atoms with E-state index in [1.165, 1.54) is 22.7 Å². The fourth-order valence-electron chi connectivity index (χ4n) is 1.71. The van der Waals surface area contributed by atoms with Crippen LogP contribution in [0.25, 0.3) is 0 Å². The highest BCUT2D eigenvalue weighted by Crippen LogP contribution is 2.09. The molecule has 0 N–H and O–H groups in total. The van der Waals surface area contributed by atoms with Crippen LogP contribution in [0.4, 0.5) is 0 Å². The Hall–Kier alpha value is -1.84. The van der Waals surface area contributed by atoms with Crippen molar-refractivity contribution in [1.82, 2.24) is 9.80 Å². The van der Waals surface area contributed by atoms with E-state index >= 15 is 0 Å².